The highest BCUT2D eigenvalue weighted by Gasteiger charge is 2.44. The summed E-state index contributed by atoms with van der Waals surface area (Å²) in [5.74, 6) is 0.936. The van der Waals surface area contributed by atoms with Crippen LogP contribution in [0.15, 0.2) is 42.5 Å². The predicted molar refractivity (Wildman–Crippen MR) is 60.6 cm³/mol. The zero-order valence-corrected chi connectivity index (χ0v) is 8.60. The molecule has 0 aromatic heterocycles. The van der Waals surface area contributed by atoms with Crippen molar-refractivity contribution in [2.75, 3.05) is 0 Å². The van der Waals surface area contributed by atoms with Gasteiger partial charge in [-0.2, -0.15) is 0 Å². The van der Waals surface area contributed by atoms with Crippen LogP contribution in [0.25, 0.3) is 5.57 Å². The molecule has 2 N–H and O–H groups in total. The minimum absolute atomic E-state index is 0.0788. The summed E-state index contributed by atoms with van der Waals surface area (Å²) < 4.78 is 5.97. The maximum atomic E-state index is 6.08. The van der Waals surface area contributed by atoms with Crippen LogP contribution in [0.3, 0.4) is 0 Å². The molecule has 0 saturated heterocycles. The summed E-state index contributed by atoms with van der Waals surface area (Å²) in [4.78, 5) is 0. The number of hydrogen-bond donors (Lipinski definition) is 1. The highest BCUT2D eigenvalue weighted by molar-refractivity contribution is 5.83. The largest absolute Gasteiger partial charge is 0.480 e. The number of rotatable bonds is 0. The summed E-state index contributed by atoms with van der Waals surface area (Å²) in [5.41, 5.74) is 8.05. The van der Waals surface area contributed by atoms with Gasteiger partial charge >= 0.3 is 0 Å². The first kappa shape index (κ1) is 8.74. The number of hydrogen-bond acceptors (Lipinski definition) is 2. The Bertz CT molecular complexity index is 475. The van der Waals surface area contributed by atoms with Gasteiger partial charge in [-0.3, -0.25) is 0 Å². The summed E-state index contributed by atoms with van der Waals surface area (Å²) in [7, 11) is 0. The molecule has 0 radical (unpaired) electrons. The van der Waals surface area contributed by atoms with E-state index in [2.05, 4.69) is 12.1 Å². The Labute approximate surface area is 89.0 Å². The Morgan fingerprint density at radius 1 is 1.33 bits per heavy atom. The van der Waals surface area contributed by atoms with E-state index < -0.39 is 5.60 Å². The van der Waals surface area contributed by atoms with Crippen molar-refractivity contribution in [1.29, 1.82) is 0 Å². The molecule has 0 amide bonds. The number of benzene rings is 1. The van der Waals surface area contributed by atoms with Gasteiger partial charge in [0.2, 0.25) is 0 Å². The van der Waals surface area contributed by atoms with Crippen LogP contribution in [-0.4, -0.2) is 11.6 Å². The second-order valence-corrected chi connectivity index (χ2v) is 4.20. The van der Waals surface area contributed by atoms with Crippen molar-refractivity contribution in [3.8, 4) is 5.75 Å². The molecule has 2 atom stereocenters. The molecule has 1 aromatic carbocycles. The van der Waals surface area contributed by atoms with Crippen molar-refractivity contribution in [3.05, 3.63) is 48.1 Å². The maximum absolute atomic E-state index is 6.08. The second-order valence-electron chi connectivity index (χ2n) is 4.20. The van der Waals surface area contributed by atoms with Gasteiger partial charge < -0.3 is 10.5 Å². The molecule has 2 heteroatoms. The summed E-state index contributed by atoms with van der Waals surface area (Å²) in [6, 6.07) is 8.01. The minimum Gasteiger partial charge on any atom is -0.480 e. The van der Waals surface area contributed by atoms with Gasteiger partial charge in [-0.25, -0.2) is 0 Å². The zero-order chi connectivity index (χ0) is 10.5. The van der Waals surface area contributed by atoms with E-state index in [4.69, 9.17) is 10.5 Å². The number of ether oxygens (including phenoxy) is 1. The third-order valence-electron chi connectivity index (χ3n) is 3.25. The molecule has 1 aromatic rings. The van der Waals surface area contributed by atoms with E-state index in [0.717, 1.165) is 5.75 Å². The average Bonchev–Trinajstić information content (AvgIpc) is 2.53. The highest BCUT2D eigenvalue weighted by Crippen LogP contribution is 2.46. The summed E-state index contributed by atoms with van der Waals surface area (Å²) in [6.45, 7) is 2.05. The first-order valence-corrected chi connectivity index (χ1v) is 5.15. The van der Waals surface area contributed by atoms with E-state index in [9.17, 15) is 0 Å². The van der Waals surface area contributed by atoms with Gasteiger partial charge in [0.15, 0.2) is 5.60 Å². The van der Waals surface area contributed by atoms with E-state index in [-0.39, 0.29) is 6.04 Å². The Hall–Kier alpha value is -1.54. The molecular formula is C13H13NO. The number of para-hydroxylation sites is 1. The molecule has 0 spiro atoms. The fourth-order valence-electron chi connectivity index (χ4n) is 2.29. The zero-order valence-electron chi connectivity index (χ0n) is 8.60. The van der Waals surface area contributed by atoms with E-state index >= 15 is 0 Å². The molecule has 1 aliphatic carbocycles. The van der Waals surface area contributed by atoms with Crippen LogP contribution < -0.4 is 10.5 Å². The van der Waals surface area contributed by atoms with Crippen molar-refractivity contribution < 1.29 is 4.74 Å². The van der Waals surface area contributed by atoms with Gasteiger partial charge in [-0.1, -0.05) is 36.4 Å². The Morgan fingerprint density at radius 2 is 2.13 bits per heavy atom. The first-order valence-electron chi connectivity index (χ1n) is 5.15. The number of nitrogens with two attached hydrogens (primary N) is 1. The fraction of sp³-hybridized carbons (Fsp3) is 0.231. The topological polar surface area (TPSA) is 35.2 Å². The lowest BCUT2D eigenvalue weighted by atomic mass is 9.83. The van der Waals surface area contributed by atoms with Crippen LogP contribution in [0, 0.1) is 0 Å². The average molecular weight is 199 g/mol. The van der Waals surface area contributed by atoms with Crippen LogP contribution >= 0.6 is 0 Å². The van der Waals surface area contributed by atoms with Gasteiger partial charge in [0.25, 0.3) is 0 Å². The van der Waals surface area contributed by atoms with Crippen LogP contribution in [0.1, 0.15) is 12.5 Å². The third-order valence-corrected chi connectivity index (χ3v) is 3.25. The maximum Gasteiger partial charge on any atom is 0.150 e. The van der Waals surface area contributed by atoms with Crippen molar-refractivity contribution in [1.82, 2.24) is 0 Å². The van der Waals surface area contributed by atoms with Crippen LogP contribution in [0.5, 0.6) is 5.75 Å². The molecule has 1 heterocycles. The van der Waals surface area contributed by atoms with Gasteiger partial charge in [0, 0.05) is 11.1 Å². The number of allylic oxidation sites excluding steroid dienone is 2. The van der Waals surface area contributed by atoms with Gasteiger partial charge in [-0.05, 0) is 13.0 Å². The van der Waals surface area contributed by atoms with Gasteiger partial charge in [0.1, 0.15) is 5.75 Å². The SMILES string of the molecule is CC12Oc3ccccc3C1=CC=CC2N. The van der Waals surface area contributed by atoms with Crippen molar-refractivity contribution in [2.45, 2.75) is 18.6 Å². The predicted octanol–water partition coefficient (Wildman–Crippen LogP) is 2.12. The minimum atomic E-state index is -0.390. The molecule has 2 aliphatic rings. The molecule has 15 heavy (non-hydrogen) atoms. The molecule has 2 unspecified atom stereocenters. The quantitative estimate of drug-likeness (QED) is 0.694. The van der Waals surface area contributed by atoms with Crippen LogP contribution in [0.2, 0.25) is 0 Å². The fourth-order valence-corrected chi connectivity index (χ4v) is 2.29. The lowest BCUT2D eigenvalue weighted by Crippen LogP contribution is -2.48. The van der Waals surface area contributed by atoms with E-state index in [1.165, 1.54) is 11.1 Å². The summed E-state index contributed by atoms with van der Waals surface area (Å²) in [5, 5.41) is 0. The molecule has 0 fully saturated rings. The first-order chi connectivity index (χ1) is 7.22. The van der Waals surface area contributed by atoms with Crippen molar-refractivity contribution in [2.24, 2.45) is 5.73 Å². The molecule has 2 nitrogen and oxygen atoms in total. The lowest BCUT2D eigenvalue weighted by molar-refractivity contribution is 0.151. The van der Waals surface area contributed by atoms with Gasteiger partial charge in [-0.15, -0.1) is 0 Å². The highest BCUT2D eigenvalue weighted by atomic mass is 16.5. The monoisotopic (exact) mass is 199 g/mol. The van der Waals surface area contributed by atoms with E-state index in [0.29, 0.717) is 0 Å². The van der Waals surface area contributed by atoms with E-state index in [1.54, 1.807) is 0 Å². The summed E-state index contributed by atoms with van der Waals surface area (Å²) >= 11 is 0. The second kappa shape index (κ2) is 2.74. The summed E-state index contributed by atoms with van der Waals surface area (Å²) in [6.07, 6.45) is 6.08. The smallest absolute Gasteiger partial charge is 0.150 e. The van der Waals surface area contributed by atoms with Gasteiger partial charge in [0.05, 0.1) is 6.04 Å². The Kier molecular flexibility index (Phi) is 1.59. The van der Waals surface area contributed by atoms with Crippen molar-refractivity contribution >= 4 is 5.57 Å². The van der Waals surface area contributed by atoms with E-state index in [1.807, 2.05) is 37.3 Å². The number of fused-ring (bicyclic) bond motifs is 3. The normalized spacial score (nSPS) is 31.6. The Balaban J connectivity index is 2.22. The van der Waals surface area contributed by atoms with Crippen LogP contribution in [-0.2, 0) is 0 Å². The third kappa shape index (κ3) is 1.03. The van der Waals surface area contributed by atoms with Crippen molar-refractivity contribution in [3.63, 3.8) is 0 Å². The standard InChI is InChI=1S/C13H13NO/c1-13-10(6-4-8-12(13)14)9-5-2-3-7-11(9)15-13/h2-8,12H,14H2,1H3. The Morgan fingerprint density at radius 3 is 3.00 bits per heavy atom. The molecule has 0 bridgehead atoms. The molecule has 1 aliphatic heterocycles. The molecular weight excluding hydrogens is 186 g/mol. The molecule has 76 valence electrons. The molecule has 0 saturated carbocycles. The lowest BCUT2D eigenvalue weighted by Gasteiger charge is -2.32. The molecule has 3 rings (SSSR count). The van der Waals surface area contributed by atoms with Crippen LogP contribution in [0.4, 0.5) is 0 Å².